The second kappa shape index (κ2) is 6.07. The Morgan fingerprint density at radius 1 is 1.30 bits per heavy atom. The van der Waals surface area contributed by atoms with E-state index in [-0.39, 0.29) is 17.0 Å². The van der Waals surface area contributed by atoms with Crippen molar-refractivity contribution in [2.75, 3.05) is 12.4 Å². The SMILES string of the molecule is CNc1ncccc1S(=O)(=O)NN1C(C)CCCC1C. The lowest BCUT2D eigenvalue weighted by molar-refractivity contribution is 0.0790. The molecule has 2 N–H and O–H groups in total. The molecule has 112 valence electrons. The summed E-state index contributed by atoms with van der Waals surface area (Å²) in [7, 11) is -1.96. The van der Waals surface area contributed by atoms with Crippen LogP contribution in [0.5, 0.6) is 0 Å². The monoisotopic (exact) mass is 298 g/mol. The van der Waals surface area contributed by atoms with Crippen molar-refractivity contribution >= 4 is 15.8 Å². The average Bonchev–Trinajstić information content (AvgIpc) is 2.43. The minimum atomic E-state index is -3.62. The maximum atomic E-state index is 12.5. The van der Waals surface area contributed by atoms with Crippen molar-refractivity contribution in [2.24, 2.45) is 0 Å². The molecule has 0 amide bonds. The molecule has 1 aromatic rings. The van der Waals surface area contributed by atoms with E-state index in [1.165, 1.54) is 0 Å². The molecule has 2 heterocycles. The van der Waals surface area contributed by atoms with Gasteiger partial charge in [-0.1, -0.05) is 6.42 Å². The van der Waals surface area contributed by atoms with Crippen molar-refractivity contribution in [2.45, 2.75) is 50.1 Å². The fraction of sp³-hybridized carbons (Fsp3) is 0.615. The molecule has 6 nitrogen and oxygen atoms in total. The Hall–Kier alpha value is -1.18. The number of nitrogens with one attached hydrogen (secondary N) is 2. The Balaban J connectivity index is 2.26. The summed E-state index contributed by atoms with van der Waals surface area (Å²) in [5.41, 5.74) is 0. The first kappa shape index (κ1) is 15.2. The van der Waals surface area contributed by atoms with Crippen LogP contribution >= 0.6 is 0 Å². The van der Waals surface area contributed by atoms with Crippen LogP contribution in [0, 0.1) is 0 Å². The highest BCUT2D eigenvalue weighted by molar-refractivity contribution is 7.89. The third-order valence-electron chi connectivity index (χ3n) is 3.72. The van der Waals surface area contributed by atoms with Crippen molar-refractivity contribution in [3.05, 3.63) is 18.3 Å². The Kier molecular flexibility index (Phi) is 4.62. The van der Waals surface area contributed by atoms with E-state index in [0.29, 0.717) is 5.82 Å². The van der Waals surface area contributed by atoms with Crippen LogP contribution in [0.2, 0.25) is 0 Å². The quantitative estimate of drug-likeness (QED) is 0.883. The lowest BCUT2D eigenvalue weighted by atomic mass is 10.0. The predicted octanol–water partition coefficient (Wildman–Crippen LogP) is 1.58. The van der Waals surface area contributed by atoms with E-state index in [9.17, 15) is 8.42 Å². The van der Waals surface area contributed by atoms with Crippen LogP contribution in [0.4, 0.5) is 5.82 Å². The molecule has 7 heteroatoms. The average molecular weight is 298 g/mol. The van der Waals surface area contributed by atoms with Crippen LogP contribution in [0.25, 0.3) is 0 Å². The summed E-state index contributed by atoms with van der Waals surface area (Å²) >= 11 is 0. The Morgan fingerprint density at radius 2 is 1.95 bits per heavy atom. The molecule has 0 radical (unpaired) electrons. The lowest BCUT2D eigenvalue weighted by Crippen LogP contribution is -2.54. The number of piperidine rings is 1. The van der Waals surface area contributed by atoms with Crippen LogP contribution in [0.15, 0.2) is 23.2 Å². The summed E-state index contributed by atoms with van der Waals surface area (Å²) in [6, 6.07) is 3.57. The molecule has 2 atom stereocenters. The molecule has 2 unspecified atom stereocenters. The van der Waals surface area contributed by atoms with Gasteiger partial charge in [0.25, 0.3) is 10.0 Å². The number of hydrogen-bond donors (Lipinski definition) is 2. The van der Waals surface area contributed by atoms with Gasteiger partial charge in [-0.3, -0.25) is 0 Å². The largest absolute Gasteiger partial charge is 0.372 e. The zero-order chi connectivity index (χ0) is 14.8. The lowest BCUT2D eigenvalue weighted by Gasteiger charge is -2.38. The highest BCUT2D eigenvalue weighted by Crippen LogP contribution is 2.23. The predicted molar refractivity (Wildman–Crippen MR) is 78.7 cm³/mol. The number of hydrazine groups is 1. The van der Waals surface area contributed by atoms with Gasteiger partial charge in [0, 0.05) is 25.3 Å². The van der Waals surface area contributed by atoms with Crippen LogP contribution in [0.3, 0.4) is 0 Å². The number of anilines is 1. The van der Waals surface area contributed by atoms with Gasteiger partial charge in [-0.15, -0.1) is 4.83 Å². The molecule has 0 bridgehead atoms. The molecule has 1 fully saturated rings. The number of hydrogen-bond acceptors (Lipinski definition) is 5. The maximum Gasteiger partial charge on any atom is 0.257 e. The summed E-state index contributed by atoms with van der Waals surface area (Å²) in [6.07, 6.45) is 4.70. The first-order valence-corrected chi connectivity index (χ1v) is 8.37. The topological polar surface area (TPSA) is 74.3 Å². The van der Waals surface area contributed by atoms with Crippen molar-refractivity contribution < 1.29 is 8.42 Å². The molecular weight excluding hydrogens is 276 g/mol. The van der Waals surface area contributed by atoms with Gasteiger partial charge in [-0.25, -0.2) is 18.4 Å². The highest BCUT2D eigenvalue weighted by atomic mass is 32.2. The summed E-state index contributed by atoms with van der Waals surface area (Å²) in [5, 5.41) is 4.65. The number of aromatic nitrogens is 1. The molecule has 0 saturated carbocycles. The molecule has 1 saturated heterocycles. The van der Waals surface area contributed by atoms with Gasteiger partial charge in [0.15, 0.2) is 0 Å². The second-order valence-corrected chi connectivity index (χ2v) is 6.86. The van der Waals surface area contributed by atoms with Gasteiger partial charge in [0.2, 0.25) is 0 Å². The van der Waals surface area contributed by atoms with E-state index in [4.69, 9.17) is 0 Å². The number of pyridine rings is 1. The van der Waals surface area contributed by atoms with Gasteiger partial charge in [-0.2, -0.15) is 0 Å². The van der Waals surface area contributed by atoms with Crippen LogP contribution in [0.1, 0.15) is 33.1 Å². The van der Waals surface area contributed by atoms with Gasteiger partial charge in [0.1, 0.15) is 10.7 Å². The van der Waals surface area contributed by atoms with Crippen molar-refractivity contribution in [3.63, 3.8) is 0 Å². The van der Waals surface area contributed by atoms with Crippen molar-refractivity contribution in [3.8, 4) is 0 Å². The molecular formula is C13H22N4O2S. The van der Waals surface area contributed by atoms with E-state index in [0.717, 1.165) is 19.3 Å². The zero-order valence-electron chi connectivity index (χ0n) is 12.1. The summed E-state index contributed by atoms with van der Waals surface area (Å²) < 4.78 is 25.1. The second-order valence-electron chi connectivity index (χ2n) is 5.23. The van der Waals surface area contributed by atoms with E-state index < -0.39 is 10.0 Å². The van der Waals surface area contributed by atoms with Gasteiger partial charge in [-0.05, 0) is 38.8 Å². The Morgan fingerprint density at radius 3 is 2.55 bits per heavy atom. The van der Waals surface area contributed by atoms with Gasteiger partial charge in [0.05, 0.1) is 0 Å². The number of nitrogens with zero attached hydrogens (tertiary/aromatic N) is 2. The Bertz CT molecular complexity index is 551. The van der Waals surface area contributed by atoms with Crippen molar-refractivity contribution in [1.82, 2.24) is 14.8 Å². The summed E-state index contributed by atoms with van der Waals surface area (Å²) in [5.74, 6) is 0.359. The third-order valence-corrected chi connectivity index (χ3v) is 5.08. The van der Waals surface area contributed by atoms with Gasteiger partial charge < -0.3 is 5.32 Å². The molecule has 1 aromatic heterocycles. The molecule has 2 rings (SSSR count). The summed E-state index contributed by atoms with van der Waals surface area (Å²) in [6.45, 7) is 4.08. The standard InChI is InChI=1S/C13H22N4O2S/c1-10-6-4-7-11(2)17(10)16-20(18,19)12-8-5-9-15-13(12)14-3/h5,8-11,16H,4,6-7H2,1-3H3,(H,14,15). The summed E-state index contributed by atoms with van der Waals surface area (Å²) in [4.78, 5) is 6.93. The molecule has 1 aliphatic rings. The zero-order valence-corrected chi connectivity index (χ0v) is 12.9. The number of rotatable bonds is 4. The van der Waals surface area contributed by atoms with Crippen molar-refractivity contribution in [1.29, 1.82) is 0 Å². The molecule has 0 spiro atoms. The number of sulfonamides is 1. The fourth-order valence-electron chi connectivity index (χ4n) is 2.58. The molecule has 1 aliphatic heterocycles. The van der Waals surface area contributed by atoms with E-state index in [2.05, 4.69) is 15.1 Å². The van der Waals surface area contributed by atoms with Crippen LogP contribution < -0.4 is 10.1 Å². The first-order valence-electron chi connectivity index (χ1n) is 6.89. The fourth-order valence-corrected chi connectivity index (χ4v) is 3.99. The van der Waals surface area contributed by atoms with Crippen LogP contribution in [-0.2, 0) is 10.0 Å². The van der Waals surface area contributed by atoms with E-state index in [1.807, 2.05) is 18.9 Å². The minimum Gasteiger partial charge on any atom is -0.372 e. The highest BCUT2D eigenvalue weighted by Gasteiger charge is 2.30. The maximum absolute atomic E-state index is 12.5. The molecule has 0 aliphatic carbocycles. The first-order chi connectivity index (χ1) is 9.45. The molecule has 0 aromatic carbocycles. The minimum absolute atomic E-state index is 0.174. The van der Waals surface area contributed by atoms with E-state index >= 15 is 0 Å². The smallest absolute Gasteiger partial charge is 0.257 e. The van der Waals surface area contributed by atoms with E-state index in [1.54, 1.807) is 25.4 Å². The van der Waals surface area contributed by atoms with Gasteiger partial charge >= 0.3 is 0 Å². The normalized spacial score (nSPS) is 24.6. The molecule has 20 heavy (non-hydrogen) atoms. The third kappa shape index (κ3) is 3.11. The van der Waals surface area contributed by atoms with Crippen LogP contribution in [-0.4, -0.2) is 37.5 Å². The Labute approximate surface area is 120 Å².